The van der Waals surface area contributed by atoms with Crippen LogP contribution in [0.25, 0.3) is 0 Å². The van der Waals surface area contributed by atoms with Crippen LogP contribution in [0.15, 0.2) is 17.0 Å². The van der Waals surface area contributed by atoms with Crippen LogP contribution < -0.4 is 10.5 Å². The van der Waals surface area contributed by atoms with Gasteiger partial charge in [0.2, 0.25) is 10.0 Å². The fraction of sp³-hybridized carbons (Fsp3) is 0.500. The van der Waals surface area contributed by atoms with E-state index >= 15 is 0 Å². The van der Waals surface area contributed by atoms with E-state index in [4.69, 9.17) is 28.9 Å². The highest BCUT2D eigenvalue weighted by molar-refractivity contribution is 7.89. The number of hydrogen-bond acceptors (Lipinski definition) is 4. The lowest BCUT2D eigenvalue weighted by molar-refractivity contribution is 0.0677. The summed E-state index contributed by atoms with van der Waals surface area (Å²) in [5.41, 5.74) is 5.25. The summed E-state index contributed by atoms with van der Waals surface area (Å²) < 4.78 is 26.5. The summed E-state index contributed by atoms with van der Waals surface area (Å²) in [7, 11) is -3.81. The third kappa shape index (κ3) is 4.23. The van der Waals surface area contributed by atoms with Crippen molar-refractivity contribution >= 4 is 38.9 Å². The SMILES string of the molecule is CC(C)(C)C(O)CNS(=O)(=O)c1cc(Cl)c(N)c(Cl)c1. The number of nitrogens with two attached hydrogens (primary N) is 1. The lowest BCUT2D eigenvalue weighted by atomic mass is 9.89. The second kappa shape index (κ2) is 6.07. The van der Waals surface area contributed by atoms with Gasteiger partial charge < -0.3 is 10.8 Å². The van der Waals surface area contributed by atoms with Gasteiger partial charge in [0.1, 0.15) is 0 Å². The molecule has 0 radical (unpaired) electrons. The topological polar surface area (TPSA) is 92.4 Å². The van der Waals surface area contributed by atoms with Gasteiger partial charge in [-0.1, -0.05) is 44.0 Å². The number of benzene rings is 1. The lowest BCUT2D eigenvalue weighted by Gasteiger charge is -2.25. The molecule has 1 aromatic carbocycles. The predicted molar refractivity (Wildman–Crippen MR) is 81.5 cm³/mol. The molecule has 1 unspecified atom stereocenters. The normalized spacial score (nSPS) is 14.3. The Labute approximate surface area is 129 Å². The number of aliphatic hydroxyl groups excluding tert-OH is 1. The van der Waals surface area contributed by atoms with Gasteiger partial charge in [0, 0.05) is 6.54 Å². The van der Waals surface area contributed by atoms with E-state index in [1.807, 2.05) is 20.8 Å². The molecular weight excluding hydrogens is 323 g/mol. The molecule has 0 aliphatic rings. The fourth-order valence-corrected chi connectivity index (χ4v) is 3.00. The Kier molecular flexibility index (Phi) is 5.32. The summed E-state index contributed by atoms with van der Waals surface area (Å²) in [5, 5.41) is 9.98. The van der Waals surface area contributed by atoms with Crippen LogP contribution in [-0.4, -0.2) is 26.2 Å². The number of hydrogen-bond donors (Lipinski definition) is 3. The van der Waals surface area contributed by atoms with Gasteiger partial charge in [-0.3, -0.25) is 0 Å². The standard InChI is InChI=1S/C12H18Cl2N2O3S/c1-12(2,3)10(17)6-16-20(18,19)7-4-8(13)11(15)9(14)5-7/h4-5,10,16-17H,6,15H2,1-3H3. The minimum absolute atomic E-state index is 0.0641. The number of nitrogens with one attached hydrogen (secondary N) is 1. The van der Waals surface area contributed by atoms with Crippen LogP contribution in [0.1, 0.15) is 20.8 Å². The number of nitrogen functional groups attached to an aromatic ring is 1. The molecule has 0 aromatic heterocycles. The Morgan fingerprint density at radius 2 is 1.75 bits per heavy atom. The molecule has 8 heteroatoms. The third-order valence-electron chi connectivity index (χ3n) is 2.83. The maximum atomic E-state index is 12.1. The third-order valence-corrected chi connectivity index (χ3v) is 4.86. The first kappa shape index (κ1) is 17.5. The minimum atomic E-state index is -3.81. The van der Waals surface area contributed by atoms with Crippen LogP contribution in [0.5, 0.6) is 0 Å². The van der Waals surface area contributed by atoms with Crippen molar-refractivity contribution in [1.29, 1.82) is 0 Å². The van der Waals surface area contributed by atoms with Gasteiger partial charge in [-0.2, -0.15) is 0 Å². The van der Waals surface area contributed by atoms with Crippen molar-refractivity contribution in [3.8, 4) is 0 Å². The van der Waals surface area contributed by atoms with Gasteiger partial charge in [-0.05, 0) is 17.5 Å². The Balaban J connectivity index is 2.96. The molecule has 0 heterocycles. The Morgan fingerprint density at radius 1 is 1.30 bits per heavy atom. The first-order chi connectivity index (χ1) is 8.95. The highest BCUT2D eigenvalue weighted by Gasteiger charge is 2.25. The van der Waals surface area contributed by atoms with E-state index in [0.29, 0.717) is 0 Å². The van der Waals surface area contributed by atoms with Crippen LogP contribution in [0.4, 0.5) is 5.69 Å². The average Bonchev–Trinajstić information content (AvgIpc) is 2.31. The zero-order valence-electron chi connectivity index (χ0n) is 11.4. The zero-order chi connectivity index (χ0) is 15.7. The molecule has 0 saturated carbocycles. The van der Waals surface area contributed by atoms with Crippen molar-refractivity contribution in [2.75, 3.05) is 12.3 Å². The molecule has 5 nitrogen and oxygen atoms in total. The largest absolute Gasteiger partial charge is 0.396 e. The van der Waals surface area contributed by atoms with E-state index in [9.17, 15) is 13.5 Å². The second-order valence-electron chi connectivity index (χ2n) is 5.53. The summed E-state index contributed by atoms with van der Waals surface area (Å²) in [6.07, 6.45) is -0.822. The Hall–Kier alpha value is -0.530. The quantitative estimate of drug-likeness (QED) is 0.733. The number of aliphatic hydroxyl groups is 1. The monoisotopic (exact) mass is 340 g/mol. The molecular formula is C12H18Cl2N2O3S. The van der Waals surface area contributed by atoms with Gasteiger partial charge in [0.15, 0.2) is 0 Å². The maximum absolute atomic E-state index is 12.1. The molecule has 0 bridgehead atoms. The number of anilines is 1. The highest BCUT2D eigenvalue weighted by Crippen LogP contribution is 2.30. The van der Waals surface area contributed by atoms with Gasteiger partial charge in [0.05, 0.1) is 26.7 Å². The van der Waals surface area contributed by atoms with Gasteiger partial charge in [0.25, 0.3) is 0 Å². The average molecular weight is 341 g/mol. The summed E-state index contributed by atoms with van der Waals surface area (Å²) >= 11 is 11.6. The zero-order valence-corrected chi connectivity index (χ0v) is 13.8. The number of halogens is 2. The first-order valence-corrected chi connectivity index (χ1v) is 8.11. The summed E-state index contributed by atoms with van der Waals surface area (Å²) in [5.74, 6) is 0. The van der Waals surface area contributed by atoms with Crippen molar-refractivity contribution in [2.24, 2.45) is 5.41 Å². The molecule has 0 aliphatic carbocycles. The molecule has 114 valence electrons. The van der Waals surface area contributed by atoms with Gasteiger partial charge >= 0.3 is 0 Å². The molecule has 0 aliphatic heterocycles. The minimum Gasteiger partial charge on any atom is -0.396 e. The van der Waals surface area contributed by atoms with Gasteiger partial charge in [-0.15, -0.1) is 0 Å². The number of rotatable bonds is 4. The summed E-state index contributed by atoms with van der Waals surface area (Å²) in [6.45, 7) is 5.32. The lowest BCUT2D eigenvalue weighted by Crippen LogP contribution is -2.39. The molecule has 20 heavy (non-hydrogen) atoms. The molecule has 1 aromatic rings. The van der Waals surface area contributed by atoms with E-state index in [-0.39, 0.29) is 27.2 Å². The van der Waals surface area contributed by atoms with Gasteiger partial charge in [-0.25, -0.2) is 13.1 Å². The molecule has 0 fully saturated rings. The van der Waals surface area contributed by atoms with Crippen molar-refractivity contribution in [2.45, 2.75) is 31.8 Å². The highest BCUT2D eigenvalue weighted by atomic mass is 35.5. The maximum Gasteiger partial charge on any atom is 0.240 e. The van der Waals surface area contributed by atoms with Crippen LogP contribution in [0.2, 0.25) is 10.0 Å². The van der Waals surface area contributed by atoms with E-state index in [2.05, 4.69) is 4.72 Å². The van der Waals surface area contributed by atoms with E-state index in [0.717, 1.165) is 0 Å². The van der Waals surface area contributed by atoms with E-state index in [1.54, 1.807) is 0 Å². The van der Waals surface area contributed by atoms with Crippen molar-refractivity contribution < 1.29 is 13.5 Å². The van der Waals surface area contributed by atoms with Crippen LogP contribution in [0.3, 0.4) is 0 Å². The summed E-state index contributed by atoms with van der Waals surface area (Å²) in [4.78, 5) is -0.0946. The van der Waals surface area contributed by atoms with Crippen LogP contribution in [0, 0.1) is 5.41 Å². The van der Waals surface area contributed by atoms with E-state index in [1.165, 1.54) is 12.1 Å². The summed E-state index contributed by atoms with van der Waals surface area (Å²) in [6, 6.07) is 2.43. The molecule has 1 atom stereocenters. The van der Waals surface area contributed by atoms with Crippen LogP contribution >= 0.6 is 23.2 Å². The second-order valence-corrected chi connectivity index (χ2v) is 8.12. The molecule has 0 spiro atoms. The first-order valence-electron chi connectivity index (χ1n) is 5.87. The van der Waals surface area contributed by atoms with E-state index < -0.39 is 21.5 Å². The fourth-order valence-electron chi connectivity index (χ4n) is 1.29. The predicted octanol–water partition coefficient (Wildman–Crippen LogP) is 2.26. The smallest absolute Gasteiger partial charge is 0.240 e. The molecule has 1 rings (SSSR count). The van der Waals surface area contributed by atoms with Crippen molar-refractivity contribution in [1.82, 2.24) is 4.72 Å². The molecule has 4 N–H and O–H groups in total. The van der Waals surface area contributed by atoms with Crippen molar-refractivity contribution in [3.63, 3.8) is 0 Å². The molecule has 0 amide bonds. The van der Waals surface area contributed by atoms with Crippen molar-refractivity contribution in [3.05, 3.63) is 22.2 Å². The van der Waals surface area contributed by atoms with Crippen LogP contribution in [-0.2, 0) is 10.0 Å². The Morgan fingerprint density at radius 3 is 2.15 bits per heavy atom. The Bertz CT molecular complexity index is 574. The molecule has 0 saturated heterocycles. The number of sulfonamides is 1.